The molecule has 2 aromatic rings. The average Bonchev–Trinajstić information content (AvgIpc) is 3.16. The zero-order chi connectivity index (χ0) is 17.1. The van der Waals surface area contributed by atoms with E-state index in [2.05, 4.69) is 10.4 Å². The van der Waals surface area contributed by atoms with E-state index in [0.29, 0.717) is 18.8 Å². The van der Waals surface area contributed by atoms with Crippen molar-refractivity contribution in [3.8, 4) is 0 Å². The molecule has 1 N–H and O–H groups in total. The van der Waals surface area contributed by atoms with Gasteiger partial charge in [-0.15, -0.1) is 0 Å². The number of ether oxygens (including phenoxy) is 1. The Hall–Kier alpha value is -2.25. The Labute approximate surface area is 140 Å². The minimum atomic E-state index is -0.273. The monoisotopic (exact) mass is 332 g/mol. The number of benzene rings is 1. The molecule has 0 spiro atoms. The molecule has 0 bridgehead atoms. The van der Waals surface area contributed by atoms with Crippen molar-refractivity contribution in [2.45, 2.75) is 25.1 Å². The number of carbonyl (C=O) groups excluding carboxylic acids is 1. The van der Waals surface area contributed by atoms with Crippen molar-refractivity contribution >= 4 is 11.7 Å². The third-order valence-corrected chi connectivity index (χ3v) is 4.36. The quantitative estimate of drug-likeness (QED) is 0.906. The van der Waals surface area contributed by atoms with E-state index in [9.17, 15) is 9.18 Å². The fourth-order valence-electron chi connectivity index (χ4n) is 2.97. The van der Waals surface area contributed by atoms with Gasteiger partial charge in [-0.3, -0.25) is 9.69 Å². The van der Waals surface area contributed by atoms with E-state index in [4.69, 9.17) is 4.74 Å². The molecule has 1 amide bonds. The summed E-state index contributed by atoms with van der Waals surface area (Å²) in [6.45, 7) is 1.20. The van der Waals surface area contributed by atoms with Crippen molar-refractivity contribution in [2.75, 3.05) is 26.0 Å². The van der Waals surface area contributed by atoms with Gasteiger partial charge >= 0.3 is 0 Å². The lowest BCUT2D eigenvalue weighted by Crippen LogP contribution is -2.37. The average molecular weight is 332 g/mol. The Morgan fingerprint density at radius 2 is 2.12 bits per heavy atom. The summed E-state index contributed by atoms with van der Waals surface area (Å²) in [6, 6.07) is 7.77. The molecule has 0 radical (unpaired) electrons. The summed E-state index contributed by atoms with van der Waals surface area (Å²) < 4.78 is 20.0. The van der Waals surface area contributed by atoms with Crippen molar-refractivity contribution in [3.63, 3.8) is 0 Å². The predicted octanol–water partition coefficient (Wildman–Crippen LogP) is 1.73. The number of likely N-dealkylation sites (tertiary alicyclic amines) is 1. The topological polar surface area (TPSA) is 59.4 Å². The molecule has 1 fully saturated rings. The van der Waals surface area contributed by atoms with Gasteiger partial charge in [-0.05, 0) is 31.2 Å². The van der Waals surface area contributed by atoms with Gasteiger partial charge in [-0.25, -0.2) is 9.07 Å². The van der Waals surface area contributed by atoms with Crippen LogP contribution in [0.2, 0.25) is 0 Å². The van der Waals surface area contributed by atoms with Crippen LogP contribution in [-0.4, -0.2) is 53.4 Å². The number of likely N-dealkylation sites (N-methyl/N-ethyl adjacent to an activating group) is 1. The molecule has 1 aromatic carbocycles. The van der Waals surface area contributed by atoms with Crippen LogP contribution >= 0.6 is 0 Å². The van der Waals surface area contributed by atoms with Gasteiger partial charge in [0.05, 0.1) is 24.9 Å². The summed E-state index contributed by atoms with van der Waals surface area (Å²) in [7, 11) is 3.58. The van der Waals surface area contributed by atoms with Gasteiger partial charge in [0.1, 0.15) is 11.6 Å². The van der Waals surface area contributed by atoms with Crippen molar-refractivity contribution in [2.24, 2.45) is 0 Å². The first kappa shape index (κ1) is 16.6. The van der Waals surface area contributed by atoms with Crippen LogP contribution in [0, 0.1) is 5.82 Å². The molecule has 7 heteroatoms. The maximum absolute atomic E-state index is 13.0. The predicted molar refractivity (Wildman–Crippen MR) is 88.2 cm³/mol. The molecule has 0 unspecified atom stereocenters. The summed E-state index contributed by atoms with van der Waals surface area (Å²) in [5.74, 6) is 0.279. The number of carbonyl (C=O) groups is 1. The molecule has 1 aliphatic heterocycles. The molecule has 0 aliphatic carbocycles. The van der Waals surface area contributed by atoms with E-state index in [1.165, 1.54) is 12.1 Å². The Kier molecular flexibility index (Phi) is 4.92. The summed E-state index contributed by atoms with van der Waals surface area (Å²) in [5, 5.41) is 7.16. The second-order valence-electron chi connectivity index (χ2n) is 6.04. The molecule has 2 atom stereocenters. The van der Waals surface area contributed by atoms with Crippen LogP contribution in [0.3, 0.4) is 0 Å². The standard InChI is InChI=1S/C17H21FN4O2/c1-21-11-14(24-2)9-15(21)17(23)20-16-7-8-19-22(16)10-12-3-5-13(18)6-4-12/h3-8,14-15H,9-11H2,1-2H3,(H,20,23)/t14-,15-/m0/s1. The molecule has 0 saturated carbocycles. The first-order valence-electron chi connectivity index (χ1n) is 7.87. The van der Waals surface area contributed by atoms with Crippen LogP contribution in [0.5, 0.6) is 0 Å². The fourth-order valence-corrected chi connectivity index (χ4v) is 2.97. The van der Waals surface area contributed by atoms with Gasteiger partial charge in [0.2, 0.25) is 5.91 Å². The van der Waals surface area contributed by atoms with Gasteiger partial charge in [0.25, 0.3) is 0 Å². The fraction of sp³-hybridized carbons (Fsp3) is 0.412. The smallest absolute Gasteiger partial charge is 0.242 e. The number of amides is 1. The molecule has 128 valence electrons. The Morgan fingerprint density at radius 3 is 2.79 bits per heavy atom. The summed E-state index contributed by atoms with van der Waals surface area (Å²) in [6.07, 6.45) is 2.38. The van der Waals surface area contributed by atoms with Crippen LogP contribution in [0.1, 0.15) is 12.0 Å². The van der Waals surface area contributed by atoms with Crippen LogP contribution in [0.15, 0.2) is 36.5 Å². The molecular formula is C17H21FN4O2. The SMILES string of the molecule is CO[C@H]1C[C@@H](C(=O)Nc2ccnn2Cc2ccc(F)cc2)N(C)C1. The van der Waals surface area contributed by atoms with Crippen LogP contribution < -0.4 is 5.32 Å². The zero-order valence-electron chi connectivity index (χ0n) is 13.8. The van der Waals surface area contributed by atoms with Gasteiger partial charge in [0.15, 0.2) is 0 Å². The minimum absolute atomic E-state index is 0.0714. The third kappa shape index (κ3) is 3.63. The number of halogens is 1. The lowest BCUT2D eigenvalue weighted by Gasteiger charge is -2.18. The van der Waals surface area contributed by atoms with E-state index in [-0.39, 0.29) is 23.9 Å². The lowest BCUT2D eigenvalue weighted by molar-refractivity contribution is -0.120. The van der Waals surface area contributed by atoms with E-state index >= 15 is 0 Å². The van der Waals surface area contributed by atoms with Gasteiger partial charge in [-0.1, -0.05) is 12.1 Å². The molecule has 6 nitrogen and oxygen atoms in total. The Balaban J connectivity index is 1.67. The largest absolute Gasteiger partial charge is 0.380 e. The number of nitrogens with zero attached hydrogens (tertiary/aromatic N) is 3. The lowest BCUT2D eigenvalue weighted by atomic mass is 10.2. The van der Waals surface area contributed by atoms with Gasteiger partial charge in [0, 0.05) is 19.7 Å². The highest BCUT2D eigenvalue weighted by Crippen LogP contribution is 2.20. The highest BCUT2D eigenvalue weighted by molar-refractivity contribution is 5.94. The summed E-state index contributed by atoms with van der Waals surface area (Å²) >= 11 is 0. The van der Waals surface area contributed by atoms with E-state index in [0.717, 1.165) is 12.1 Å². The molecule has 24 heavy (non-hydrogen) atoms. The molecular weight excluding hydrogens is 311 g/mol. The van der Waals surface area contributed by atoms with Crippen molar-refractivity contribution in [1.82, 2.24) is 14.7 Å². The maximum Gasteiger partial charge on any atom is 0.242 e. The van der Waals surface area contributed by atoms with Crippen molar-refractivity contribution in [1.29, 1.82) is 0 Å². The normalized spacial score (nSPS) is 21.1. The highest BCUT2D eigenvalue weighted by Gasteiger charge is 2.34. The molecule has 1 aromatic heterocycles. The van der Waals surface area contributed by atoms with Gasteiger partial charge < -0.3 is 10.1 Å². The summed E-state index contributed by atoms with van der Waals surface area (Å²) in [5.41, 5.74) is 0.910. The molecule has 1 aliphatic rings. The number of hydrogen-bond acceptors (Lipinski definition) is 4. The number of methoxy groups -OCH3 is 1. The van der Waals surface area contributed by atoms with Crippen LogP contribution in [-0.2, 0) is 16.1 Å². The first-order valence-corrected chi connectivity index (χ1v) is 7.87. The highest BCUT2D eigenvalue weighted by atomic mass is 19.1. The molecule has 3 rings (SSSR count). The van der Waals surface area contributed by atoms with Crippen LogP contribution in [0.4, 0.5) is 10.2 Å². The van der Waals surface area contributed by atoms with Gasteiger partial charge in [-0.2, -0.15) is 5.10 Å². The molecule has 1 saturated heterocycles. The number of nitrogens with one attached hydrogen (secondary N) is 1. The van der Waals surface area contributed by atoms with Crippen molar-refractivity contribution < 1.29 is 13.9 Å². The second-order valence-corrected chi connectivity index (χ2v) is 6.04. The van der Waals surface area contributed by atoms with E-state index in [1.807, 2.05) is 11.9 Å². The second kappa shape index (κ2) is 7.11. The van der Waals surface area contributed by atoms with Crippen molar-refractivity contribution in [3.05, 3.63) is 47.9 Å². The number of rotatable bonds is 5. The molecule has 2 heterocycles. The number of aromatic nitrogens is 2. The summed E-state index contributed by atoms with van der Waals surface area (Å²) in [4.78, 5) is 14.5. The number of hydrogen-bond donors (Lipinski definition) is 1. The first-order chi connectivity index (χ1) is 11.6. The van der Waals surface area contributed by atoms with Crippen LogP contribution in [0.25, 0.3) is 0 Å². The zero-order valence-corrected chi connectivity index (χ0v) is 13.8. The van der Waals surface area contributed by atoms with E-state index in [1.54, 1.807) is 36.2 Å². The maximum atomic E-state index is 13.0. The van der Waals surface area contributed by atoms with E-state index < -0.39 is 0 Å². The Bertz CT molecular complexity index is 701. The third-order valence-electron chi connectivity index (χ3n) is 4.36. The minimum Gasteiger partial charge on any atom is -0.380 e. The number of anilines is 1. The Morgan fingerprint density at radius 1 is 1.38 bits per heavy atom.